The van der Waals surface area contributed by atoms with Gasteiger partial charge in [0.15, 0.2) is 18.1 Å². The zero-order valence-electron chi connectivity index (χ0n) is 14.5. The lowest BCUT2D eigenvalue weighted by atomic mass is 10.2. The van der Waals surface area contributed by atoms with E-state index in [1.807, 2.05) is 26.0 Å². The van der Waals surface area contributed by atoms with E-state index in [-0.39, 0.29) is 19.1 Å². The zero-order valence-corrected chi connectivity index (χ0v) is 15.3. The summed E-state index contributed by atoms with van der Waals surface area (Å²) in [6, 6.07) is 9.03. The number of esters is 1. The highest BCUT2D eigenvalue weighted by molar-refractivity contribution is 7.12. The SMILES string of the molecule is COc1ccccc1OCCNC(=O)COC(=O)c1cc(C)sc1C. The number of hydrogen-bond acceptors (Lipinski definition) is 6. The van der Waals surface area contributed by atoms with Gasteiger partial charge in [0.25, 0.3) is 5.91 Å². The van der Waals surface area contributed by atoms with E-state index in [0.29, 0.717) is 23.6 Å². The first-order chi connectivity index (χ1) is 12.0. The third kappa shape index (κ3) is 5.49. The van der Waals surface area contributed by atoms with Crippen molar-refractivity contribution in [2.75, 3.05) is 26.9 Å². The molecule has 1 heterocycles. The minimum Gasteiger partial charge on any atom is -0.493 e. The molecule has 0 aliphatic rings. The maximum atomic E-state index is 11.9. The molecule has 0 aliphatic heterocycles. The number of hydrogen-bond donors (Lipinski definition) is 1. The van der Waals surface area contributed by atoms with E-state index in [1.54, 1.807) is 25.3 Å². The van der Waals surface area contributed by atoms with Crippen LogP contribution in [0.1, 0.15) is 20.1 Å². The summed E-state index contributed by atoms with van der Waals surface area (Å²) in [5.74, 6) is 0.377. The van der Waals surface area contributed by atoms with E-state index in [2.05, 4.69) is 5.32 Å². The summed E-state index contributed by atoms with van der Waals surface area (Å²) in [6.07, 6.45) is 0. The van der Waals surface area contributed by atoms with Crippen molar-refractivity contribution in [1.29, 1.82) is 0 Å². The maximum Gasteiger partial charge on any atom is 0.339 e. The molecule has 0 spiro atoms. The van der Waals surface area contributed by atoms with Crippen LogP contribution >= 0.6 is 11.3 Å². The van der Waals surface area contributed by atoms with Gasteiger partial charge in [0, 0.05) is 9.75 Å². The predicted molar refractivity (Wildman–Crippen MR) is 95.6 cm³/mol. The lowest BCUT2D eigenvalue weighted by Crippen LogP contribution is -2.32. The number of ether oxygens (including phenoxy) is 3. The molecule has 1 aromatic heterocycles. The van der Waals surface area contributed by atoms with Crippen molar-refractivity contribution in [2.24, 2.45) is 0 Å². The summed E-state index contributed by atoms with van der Waals surface area (Å²) < 4.78 is 15.7. The molecular weight excluding hydrogens is 342 g/mol. The van der Waals surface area contributed by atoms with Crippen LogP contribution in [-0.4, -0.2) is 38.7 Å². The van der Waals surface area contributed by atoms with Crippen LogP contribution < -0.4 is 14.8 Å². The highest BCUT2D eigenvalue weighted by Gasteiger charge is 2.14. The Hall–Kier alpha value is -2.54. The van der Waals surface area contributed by atoms with Crippen molar-refractivity contribution >= 4 is 23.2 Å². The number of para-hydroxylation sites is 2. The molecule has 2 rings (SSSR count). The van der Waals surface area contributed by atoms with Gasteiger partial charge in [0.05, 0.1) is 19.2 Å². The van der Waals surface area contributed by atoms with E-state index < -0.39 is 5.97 Å². The summed E-state index contributed by atoms with van der Waals surface area (Å²) in [7, 11) is 1.56. The molecule has 0 atom stereocenters. The Morgan fingerprint density at radius 2 is 1.88 bits per heavy atom. The molecule has 25 heavy (non-hydrogen) atoms. The Kier molecular flexibility index (Phi) is 6.82. The average Bonchev–Trinajstić information content (AvgIpc) is 2.95. The Bertz CT molecular complexity index is 741. The van der Waals surface area contributed by atoms with E-state index in [1.165, 1.54) is 11.3 Å². The summed E-state index contributed by atoms with van der Waals surface area (Å²) in [5.41, 5.74) is 0.509. The molecule has 0 aliphatic carbocycles. The Labute approximate surface area is 150 Å². The maximum absolute atomic E-state index is 11.9. The molecule has 0 saturated carbocycles. The monoisotopic (exact) mass is 363 g/mol. The molecule has 0 bridgehead atoms. The molecule has 2 aromatic rings. The molecule has 6 nitrogen and oxygen atoms in total. The molecule has 0 radical (unpaired) electrons. The highest BCUT2D eigenvalue weighted by atomic mass is 32.1. The van der Waals surface area contributed by atoms with E-state index in [4.69, 9.17) is 14.2 Å². The van der Waals surface area contributed by atoms with Crippen molar-refractivity contribution < 1.29 is 23.8 Å². The molecule has 1 amide bonds. The van der Waals surface area contributed by atoms with Crippen LogP contribution in [0.2, 0.25) is 0 Å². The van der Waals surface area contributed by atoms with Gasteiger partial charge in [0.2, 0.25) is 0 Å². The van der Waals surface area contributed by atoms with E-state index >= 15 is 0 Å². The Morgan fingerprint density at radius 1 is 1.16 bits per heavy atom. The predicted octanol–water partition coefficient (Wildman–Crippen LogP) is 2.73. The van der Waals surface area contributed by atoms with Gasteiger partial charge < -0.3 is 19.5 Å². The topological polar surface area (TPSA) is 73.9 Å². The molecule has 1 aromatic carbocycles. The first-order valence-corrected chi connectivity index (χ1v) is 8.59. The molecule has 134 valence electrons. The summed E-state index contributed by atoms with van der Waals surface area (Å²) in [6.45, 7) is 4.03. The Balaban J connectivity index is 1.69. The smallest absolute Gasteiger partial charge is 0.339 e. The van der Waals surface area contributed by atoms with Crippen LogP contribution in [0.15, 0.2) is 30.3 Å². The number of carbonyl (C=O) groups excluding carboxylic acids is 2. The van der Waals surface area contributed by atoms with Gasteiger partial charge in [-0.2, -0.15) is 0 Å². The molecule has 0 unspecified atom stereocenters. The largest absolute Gasteiger partial charge is 0.493 e. The molecule has 0 fully saturated rings. The van der Waals surface area contributed by atoms with E-state index in [9.17, 15) is 9.59 Å². The number of benzene rings is 1. The third-order valence-electron chi connectivity index (χ3n) is 3.35. The fraction of sp³-hybridized carbons (Fsp3) is 0.333. The van der Waals surface area contributed by atoms with Crippen LogP contribution in [-0.2, 0) is 9.53 Å². The number of amides is 1. The second-order valence-corrected chi connectivity index (χ2v) is 6.71. The Morgan fingerprint density at radius 3 is 2.52 bits per heavy atom. The first-order valence-electron chi connectivity index (χ1n) is 7.78. The molecular formula is C18H21NO5S. The lowest BCUT2D eigenvalue weighted by molar-refractivity contribution is -0.124. The first kappa shape index (κ1) is 18.8. The van der Waals surface area contributed by atoms with Crippen molar-refractivity contribution in [1.82, 2.24) is 5.32 Å². The van der Waals surface area contributed by atoms with Gasteiger partial charge in [0.1, 0.15) is 6.61 Å². The van der Waals surface area contributed by atoms with Crippen molar-refractivity contribution in [2.45, 2.75) is 13.8 Å². The van der Waals surface area contributed by atoms with Crippen LogP contribution in [0.4, 0.5) is 0 Å². The molecule has 1 N–H and O–H groups in total. The summed E-state index contributed by atoms with van der Waals surface area (Å²) in [4.78, 5) is 25.6. The summed E-state index contributed by atoms with van der Waals surface area (Å²) >= 11 is 1.52. The number of methoxy groups -OCH3 is 1. The van der Waals surface area contributed by atoms with Gasteiger partial charge in [-0.15, -0.1) is 11.3 Å². The highest BCUT2D eigenvalue weighted by Crippen LogP contribution is 2.25. The van der Waals surface area contributed by atoms with Gasteiger partial charge in [-0.1, -0.05) is 12.1 Å². The normalized spacial score (nSPS) is 10.2. The number of rotatable bonds is 8. The van der Waals surface area contributed by atoms with Gasteiger partial charge in [-0.25, -0.2) is 4.79 Å². The fourth-order valence-corrected chi connectivity index (χ4v) is 3.09. The average molecular weight is 363 g/mol. The van der Waals surface area contributed by atoms with Crippen molar-refractivity contribution in [3.8, 4) is 11.5 Å². The van der Waals surface area contributed by atoms with Crippen molar-refractivity contribution in [3.05, 3.63) is 45.6 Å². The van der Waals surface area contributed by atoms with Gasteiger partial charge in [-0.05, 0) is 32.0 Å². The minimum atomic E-state index is -0.484. The number of nitrogens with one attached hydrogen (secondary N) is 1. The van der Waals surface area contributed by atoms with Gasteiger partial charge in [-0.3, -0.25) is 4.79 Å². The van der Waals surface area contributed by atoms with Gasteiger partial charge >= 0.3 is 5.97 Å². The lowest BCUT2D eigenvalue weighted by Gasteiger charge is -2.11. The van der Waals surface area contributed by atoms with Crippen LogP contribution in [0, 0.1) is 13.8 Å². The standard InChI is InChI=1S/C18H21NO5S/c1-12-10-14(13(2)25-12)18(21)24-11-17(20)19-8-9-23-16-7-5-4-6-15(16)22-3/h4-7,10H,8-9,11H2,1-3H3,(H,19,20). The van der Waals surface area contributed by atoms with Crippen LogP contribution in [0.3, 0.4) is 0 Å². The fourth-order valence-electron chi connectivity index (χ4n) is 2.18. The molecule has 0 saturated heterocycles. The van der Waals surface area contributed by atoms with Crippen LogP contribution in [0.5, 0.6) is 11.5 Å². The number of thiophene rings is 1. The quantitative estimate of drug-likeness (QED) is 0.577. The third-order valence-corrected chi connectivity index (χ3v) is 4.31. The molecule has 7 heteroatoms. The second kappa shape index (κ2) is 9.08. The number of carbonyl (C=O) groups is 2. The van der Waals surface area contributed by atoms with Crippen LogP contribution in [0.25, 0.3) is 0 Å². The van der Waals surface area contributed by atoms with E-state index in [0.717, 1.165) is 9.75 Å². The summed E-state index contributed by atoms with van der Waals surface area (Å²) in [5, 5.41) is 2.64. The van der Waals surface area contributed by atoms with Crippen molar-refractivity contribution in [3.63, 3.8) is 0 Å². The number of aryl methyl sites for hydroxylation is 2. The zero-order chi connectivity index (χ0) is 18.2. The minimum absolute atomic E-state index is 0.281. The second-order valence-electron chi connectivity index (χ2n) is 5.25.